The summed E-state index contributed by atoms with van der Waals surface area (Å²) in [6.45, 7) is 5.41. The molecule has 296 valence electrons. The first kappa shape index (κ1) is 47.0. The number of esters is 2. The highest BCUT2D eigenvalue weighted by molar-refractivity contribution is 5.69. The van der Waals surface area contributed by atoms with Gasteiger partial charge in [0, 0.05) is 24.2 Å². The zero-order valence-electron chi connectivity index (χ0n) is 33.9. The quantitative estimate of drug-likeness (QED) is 0.0389. The predicted octanol–water partition coefficient (Wildman–Crippen LogP) is 14.3. The number of allylic oxidation sites excluding steroid dienone is 6. The Morgan fingerprint density at radius 1 is 0.412 bits per heavy atom. The number of carbonyl (C=O) groups excluding carboxylic acids is 2. The average molecular weight is 714 g/mol. The molecule has 0 amide bonds. The summed E-state index contributed by atoms with van der Waals surface area (Å²) in [5.74, 6) is -0.0310. The number of unbranched alkanes of at least 4 members (excludes halogenated alkanes) is 24. The van der Waals surface area contributed by atoms with Crippen molar-refractivity contribution in [3.05, 3.63) is 35.7 Å². The highest BCUT2D eigenvalue weighted by atomic mass is 16.5. The molecular formula is C46H83NO4. The SMILES string of the molecule is CCCCOC(=O)CCCCCCC/C=C\CCCCCCCCC1=C(CCCCCCCC/C=C\CCCCCCCC(=O)OCCCC)N1. The standard InChI is InChI=1S/C46H83NO4/c1-3-5-41-50-45(48)39-35-31-27-23-19-15-11-7-9-13-17-21-25-29-33-37-43-44(47-43)38-34-30-26-22-18-14-10-8-12-16-20-24-28-32-36-40-46(49)51-42-6-4-2/h7-8,11-12,47H,3-6,9-10,13-42H2,1-2H3/b11-7-,12-8-. The van der Waals surface area contributed by atoms with Crippen LogP contribution >= 0.6 is 0 Å². The summed E-state index contributed by atoms with van der Waals surface area (Å²) < 4.78 is 10.4. The minimum Gasteiger partial charge on any atom is -0.466 e. The molecule has 0 fully saturated rings. The van der Waals surface area contributed by atoms with Crippen molar-refractivity contribution in [2.45, 2.75) is 232 Å². The Kier molecular flexibility index (Phi) is 34.7. The van der Waals surface area contributed by atoms with Crippen molar-refractivity contribution in [2.75, 3.05) is 13.2 Å². The second-order valence-corrected chi connectivity index (χ2v) is 15.1. The summed E-state index contributed by atoms with van der Waals surface area (Å²) in [6, 6.07) is 0. The summed E-state index contributed by atoms with van der Waals surface area (Å²) >= 11 is 0. The van der Waals surface area contributed by atoms with Gasteiger partial charge in [-0.05, 0) is 103 Å². The lowest BCUT2D eigenvalue weighted by Crippen LogP contribution is -2.05. The fourth-order valence-electron chi connectivity index (χ4n) is 6.52. The van der Waals surface area contributed by atoms with E-state index in [0.29, 0.717) is 26.1 Å². The zero-order chi connectivity index (χ0) is 36.7. The Balaban J connectivity index is 1.75. The first-order chi connectivity index (χ1) is 25.2. The van der Waals surface area contributed by atoms with Gasteiger partial charge >= 0.3 is 11.9 Å². The lowest BCUT2D eigenvalue weighted by molar-refractivity contribution is -0.144. The fraction of sp³-hybridized carbons (Fsp3) is 0.826. The summed E-state index contributed by atoms with van der Waals surface area (Å²) in [5.41, 5.74) is 3.13. The van der Waals surface area contributed by atoms with Gasteiger partial charge < -0.3 is 14.8 Å². The molecule has 0 aliphatic carbocycles. The number of ether oxygens (including phenoxy) is 2. The molecule has 1 aliphatic heterocycles. The van der Waals surface area contributed by atoms with Crippen molar-refractivity contribution in [2.24, 2.45) is 0 Å². The molecular weight excluding hydrogens is 631 g/mol. The van der Waals surface area contributed by atoms with Gasteiger partial charge in [0.1, 0.15) is 0 Å². The van der Waals surface area contributed by atoms with Crippen molar-refractivity contribution < 1.29 is 19.1 Å². The van der Waals surface area contributed by atoms with Gasteiger partial charge in [0.15, 0.2) is 0 Å². The Hall–Kier alpha value is -2.04. The molecule has 1 rings (SSSR count). The normalized spacial score (nSPS) is 12.7. The van der Waals surface area contributed by atoms with Crippen LogP contribution in [0.15, 0.2) is 35.7 Å². The molecule has 0 spiro atoms. The monoisotopic (exact) mass is 714 g/mol. The van der Waals surface area contributed by atoms with Gasteiger partial charge in [-0.1, -0.05) is 141 Å². The third kappa shape index (κ3) is 34.8. The van der Waals surface area contributed by atoms with E-state index < -0.39 is 0 Å². The van der Waals surface area contributed by atoms with Gasteiger partial charge in [-0.15, -0.1) is 0 Å². The molecule has 0 aromatic heterocycles. The van der Waals surface area contributed by atoms with Gasteiger partial charge in [-0.2, -0.15) is 0 Å². The van der Waals surface area contributed by atoms with Crippen molar-refractivity contribution in [1.29, 1.82) is 0 Å². The number of rotatable bonds is 40. The van der Waals surface area contributed by atoms with E-state index in [9.17, 15) is 9.59 Å². The molecule has 51 heavy (non-hydrogen) atoms. The Morgan fingerprint density at radius 2 is 0.706 bits per heavy atom. The maximum atomic E-state index is 11.6. The van der Waals surface area contributed by atoms with E-state index in [1.54, 1.807) is 11.4 Å². The largest absolute Gasteiger partial charge is 0.466 e. The van der Waals surface area contributed by atoms with Crippen LogP contribution in [0.4, 0.5) is 0 Å². The van der Waals surface area contributed by atoms with Gasteiger partial charge in [-0.3, -0.25) is 9.59 Å². The van der Waals surface area contributed by atoms with E-state index in [0.717, 1.165) is 51.4 Å². The van der Waals surface area contributed by atoms with Gasteiger partial charge in [0.05, 0.1) is 13.2 Å². The second-order valence-electron chi connectivity index (χ2n) is 15.1. The zero-order valence-corrected chi connectivity index (χ0v) is 33.9. The van der Waals surface area contributed by atoms with Gasteiger partial charge in [0.2, 0.25) is 0 Å². The Bertz CT molecular complexity index is 822. The molecule has 0 unspecified atom stereocenters. The lowest BCUT2D eigenvalue weighted by atomic mass is 10.1. The van der Waals surface area contributed by atoms with Crippen molar-refractivity contribution >= 4 is 11.9 Å². The van der Waals surface area contributed by atoms with Gasteiger partial charge in [0.25, 0.3) is 0 Å². The molecule has 0 aromatic rings. The van der Waals surface area contributed by atoms with Crippen LogP contribution in [0.3, 0.4) is 0 Å². The smallest absolute Gasteiger partial charge is 0.305 e. The Labute approximate surface area is 316 Å². The molecule has 1 N–H and O–H groups in total. The fourth-order valence-corrected chi connectivity index (χ4v) is 6.52. The minimum absolute atomic E-state index is 0.0155. The molecule has 0 aromatic carbocycles. The van der Waals surface area contributed by atoms with Crippen LogP contribution in [0.2, 0.25) is 0 Å². The number of hydrogen-bond donors (Lipinski definition) is 1. The van der Waals surface area contributed by atoms with E-state index in [1.165, 1.54) is 154 Å². The van der Waals surface area contributed by atoms with Crippen molar-refractivity contribution in [3.63, 3.8) is 0 Å². The molecule has 5 nitrogen and oxygen atoms in total. The molecule has 0 radical (unpaired) electrons. The van der Waals surface area contributed by atoms with Crippen LogP contribution in [0.25, 0.3) is 0 Å². The molecule has 0 bridgehead atoms. The Morgan fingerprint density at radius 3 is 1.04 bits per heavy atom. The van der Waals surface area contributed by atoms with Crippen molar-refractivity contribution in [3.8, 4) is 0 Å². The first-order valence-corrected chi connectivity index (χ1v) is 22.3. The van der Waals surface area contributed by atoms with E-state index >= 15 is 0 Å². The maximum Gasteiger partial charge on any atom is 0.305 e. The first-order valence-electron chi connectivity index (χ1n) is 22.3. The minimum atomic E-state index is -0.0155. The summed E-state index contributed by atoms with van der Waals surface area (Å²) in [6.07, 6.45) is 50.5. The second kappa shape index (κ2) is 37.7. The molecule has 0 atom stereocenters. The highest BCUT2D eigenvalue weighted by Crippen LogP contribution is 2.27. The molecule has 1 heterocycles. The van der Waals surface area contributed by atoms with E-state index in [-0.39, 0.29) is 11.9 Å². The summed E-state index contributed by atoms with van der Waals surface area (Å²) in [7, 11) is 0. The average Bonchev–Trinajstić information content (AvgIpc) is 3.88. The van der Waals surface area contributed by atoms with Gasteiger partial charge in [-0.25, -0.2) is 0 Å². The molecule has 0 saturated heterocycles. The van der Waals surface area contributed by atoms with E-state index in [4.69, 9.17) is 9.47 Å². The summed E-state index contributed by atoms with van der Waals surface area (Å²) in [4.78, 5) is 23.2. The van der Waals surface area contributed by atoms with E-state index in [1.807, 2.05) is 0 Å². The number of hydrogen-bond acceptors (Lipinski definition) is 5. The van der Waals surface area contributed by atoms with Crippen LogP contribution in [0, 0.1) is 0 Å². The molecule has 0 saturated carbocycles. The van der Waals surface area contributed by atoms with Crippen molar-refractivity contribution in [1.82, 2.24) is 5.32 Å². The predicted molar refractivity (Wildman–Crippen MR) is 219 cm³/mol. The highest BCUT2D eigenvalue weighted by Gasteiger charge is 2.18. The number of carbonyl (C=O) groups is 2. The molecule has 5 heteroatoms. The van der Waals surface area contributed by atoms with Crippen LogP contribution in [0.1, 0.15) is 232 Å². The van der Waals surface area contributed by atoms with E-state index in [2.05, 4.69) is 43.5 Å². The third-order valence-electron chi connectivity index (χ3n) is 10.1. The molecule has 1 aliphatic rings. The van der Waals surface area contributed by atoms with Crippen LogP contribution in [-0.2, 0) is 19.1 Å². The van der Waals surface area contributed by atoms with Crippen LogP contribution < -0.4 is 5.32 Å². The van der Waals surface area contributed by atoms with Crippen LogP contribution in [-0.4, -0.2) is 25.2 Å². The third-order valence-corrected chi connectivity index (χ3v) is 10.1. The summed E-state index contributed by atoms with van der Waals surface area (Å²) in [5, 5.41) is 3.58. The number of nitrogens with one attached hydrogen (secondary N) is 1. The topological polar surface area (TPSA) is 74.5 Å². The maximum absolute atomic E-state index is 11.6. The lowest BCUT2D eigenvalue weighted by Gasteiger charge is -2.03. The van der Waals surface area contributed by atoms with Crippen LogP contribution in [0.5, 0.6) is 0 Å².